The van der Waals surface area contributed by atoms with Gasteiger partial charge in [-0.2, -0.15) is 0 Å². The number of thiocarbonyl (C=S) groups is 1. The molecule has 1 atom stereocenters. The number of hydrogen-bond donors (Lipinski definition) is 2. The Morgan fingerprint density at radius 3 is 2.57 bits per heavy atom. The number of nitrogens with zero attached hydrogens (tertiary/aromatic N) is 1. The second-order valence-electron chi connectivity index (χ2n) is 4.88. The summed E-state index contributed by atoms with van der Waals surface area (Å²) in [6.07, 6.45) is 0. The number of esters is 1. The van der Waals surface area contributed by atoms with Crippen molar-refractivity contribution in [3.63, 3.8) is 0 Å². The summed E-state index contributed by atoms with van der Waals surface area (Å²) >= 11 is 5.22. The number of nitrogens with one attached hydrogen (secondary N) is 1. The highest BCUT2D eigenvalue weighted by atomic mass is 32.1. The van der Waals surface area contributed by atoms with Crippen LogP contribution in [-0.4, -0.2) is 22.7 Å². The fraction of sp³-hybridized carbons (Fsp3) is 0.333. The van der Waals surface area contributed by atoms with Crippen molar-refractivity contribution in [1.29, 1.82) is 0 Å². The van der Waals surface area contributed by atoms with Crippen LogP contribution in [0.15, 0.2) is 35.5 Å². The summed E-state index contributed by atoms with van der Waals surface area (Å²) in [6.45, 7) is 5.86. The minimum Gasteiger partial charge on any atom is -0.463 e. The second kappa shape index (κ2) is 6.24. The summed E-state index contributed by atoms with van der Waals surface area (Å²) < 4.78 is 5.15. The van der Waals surface area contributed by atoms with E-state index in [4.69, 9.17) is 22.8 Å². The van der Waals surface area contributed by atoms with Crippen molar-refractivity contribution in [3.8, 4) is 0 Å². The Morgan fingerprint density at radius 1 is 1.38 bits per heavy atom. The van der Waals surface area contributed by atoms with E-state index >= 15 is 0 Å². The van der Waals surface area contributed by atoms with Gasteiger partial charge >= 0.3 is 5.97 Å². The smallest absolute Gasteiger partial charge is 0.338 e. The maximum Gasteiger partial charge on any atom is 0.338 e. The molecule has 1 unspecified atom stereocenters. The Hall–Kier alpha value is -1.92. The number of allylic oxidation sites excluding steroid dienone is 1. The lowest BCUT2D eigenvalue weighted by Gasteiger charge is -2.34. The highest BCUT2D eigenvalue weighted by molar-refractivity contribution is 7.80. The molecule has 3 N–H and O–H groups in total. The van der Waals surface area contributed by atoms with Crippen molar-refractivity contribution in [1.82, 2.24) is 10.3 Å². The van der Waals surface area contributed by atoms with Crippen molar-refractivity contribution < 1.29 is 9.53 Å². The molecule has 0 aromatic heterocycles. The zero-order valence-corrected chi connectivity index (χ0v) is 13.2. The summed E-state index contributed by atoms with van der Waals surface area (Å²) in [7, 11) is 0. The number of rotatable bonds is 3. The maximum absolute atomic E-state index is 12.3. The van der Waals surface area contributed by atoms with Crippen LogP contribution < -0.4 is 11.2 Å². The lowest BCUT2D eigenvalue weighted by molar-refractivity contribution is -0.139. The van der Waals surface area contributed by atoms with E-state index in [0.29, 0.717) is 23.0 Å². The van der Waals surface area contributed by atoms with Crippen molar-refractivity contribution in [3.05, 3.63) is 46.7 Å². The van der Waals surface area contributed by atoms with E-state index in [9.17, 15) is 4.79 Å². The lowest BCUT2D eigenvalue weighted by Crippen LogP contribution is -2.50. The number of benzene rings is 1. The van der Waals surface area contributed by atoms with Crippen molar-refractivity contribution in [2.24, 2.45) is 5.84 Å². The molecule has 0 radical (unpaired) electrons. The number of carbonyl (C=O) groups is 1. The van der Waals surface area contributed by atoms with Crippen LogP contribution in [0.2, 0.25) is 0 Å². The van der Waals surface area contributed by atoms with Gasteiger partial charge in [0.05, 0.1) is 18.2 Å². The number of hydrazine groups is 1. The van der Waals surface area contributed by atoms with E-state index in [1.165, 1.54) is 5.01 Å². The van der Waals surface area contributed by atoms with Crippen molar-refractivity contribution in [2.75, 3.05) is 6.61 Å². The van der Waals surface area contributed by atoms with Gasteiger partial charge in [-0.25, -0.2) is 10.6 Å². The molecule has 2 rings (SSSR count). The first kappa shape index (κ1) is 15.5. The van der Waals surface area contributed by atoms with Crippen LogP contribution in [0.25, 0.3) is 0 Å². The fourth-order valence-electron chi connectivity index (χ4n) is 2.24. The SMILES string of the molecule is CCOC(=O)C1=C(C)N(N)C(=S)NC1c1ccc(C)cc1. The van der Waals surface area contributed by atoms with Crippen LogP contribution in [0, 0.1) is 6.92 Å². The third-order valence-electron chi connectivity index (χ3n) is 3.43. The molecule has 0 saturated carbocycles. The zero-order chi connectivity index (χ0) is 15.6. The molecule has 1 aromatic carbocycles. The van der Waals surface area contributed by atoms with Crippen LogP contribution in [0.4, 0.5) is 0 Å². The highest BCUT2D eigenvalue weighted by Gasteiger charge is 2.33. The number of ether oxygens (including phenoxy) is 1. The molecule has 0 fully saturated rings. The molecule has 1 aliphatic heterocycles. The molecule has 6 heteroatoms. The van der Waals surface area contributed by atoms with Gasteiger partial charge in [0.1, 0.15) is 0 Å². The Labute approximate surface area is 129 Å². The van der Waals surface area contributed by atoms with E-state index in [2.05, 4.69) is 5.32 Å². The van der Waals surface area contributed by atoms with Gasteiger partial charge in [-0.3, -0.25) is 5.01 Å². The Kier molecular flexibility index (Phi) is 4.59. The van der Waals surface area contributed by atoms with Gasteiger partial charge in [-0.1, -0.05) is 29.8 Å². The molecule has 21 heavy (non-hydrogen) atoms. The van der Waals surface area contributed by atoms with Gasteiger partial charge in [0.25, 0.3) is 0 Å². The first-order chi connectivity index (χ1) is 9.95. The third-order valence-corrected chi connectivity index (χ3v) is 3.75. The average molecular weight is 305 g/mol. The molecule has 0 aliphatic carbocycles. The van der Waals surface area contributed by atoms with E-state index in [1.54, 1.807) is 13.8 Å². The van der Waals surface area contributed by atoms with Crippen LogP contribution in [0.3, 0.4) is 0 Å². The second-order valence-corrected chi connectivity index (χ2v) is 5.27. The van der Waals surface area contributed by atoms with Gasteiger partial charge in [-0.15, -0.1) is 0 Å². The molecule has 0 spiro atoms. The largest absolute Gasteiger partial charge is 0.463 e. The molecule has 1 aromatic rings. The zero-order valence-electron chi connectivity index (χ0n) is 12.3. The first-order valence-electron chi connectivity index (χ1n) is 6.75. The van der Waals surface area contributed by atoms with Gasteiger partial charge in [-0.05, 0) is 38.6 Å². The standard InChI is InChI=1S/C15H19N3O2S/c1-4-20-14(19)12-10(3)18(16)15(21)17-13(12)11-7-5-9(2)6-8-11/h5-8,13H,4,16H2,1-3H3,(H,17,21). The van der Waals surface area contributed by atoms with Crippen LogP contribution in [0.1, 0.15) is 31.0 Å². The van der Waals surface area contributed by atoms with Gasteiger partial charge in [0.15, 0.2) is 5.11 Å². The maximum atomic E-state index is 12.3. The van der Waals surface area contributed by atoms with Gasteiger partial charge < -0.3 is 10.1 Å². The van der Waals surface area contributed by atoms with E-state index in [0.717, 1.165) is 11.1 Å². The topological polar surface area (TPSA) is 67.6 Å². The summed E-state index contributed by atoms with van der Waals surface area (Å²) in [5.41, 5.74) is 3.18. The first-order valence-corrected chi connectivity index (χ1v) is 7.16. The molecule has 1 heterocycles. The third kappa shape index (κ3) is 3.06. The minimum absolute atomic E-state index is 0.311. The molecule has 112 valence electrons. The fourth-order valence-corrected chi connectivity index (χ4v) is 2.49. The molecule has 5 nitrogen and oxygen atoms in total. The number of hydrogen-bond acceptors (Lipinski definition) is 4. The van der Waals surface area contributed by atoms with Crippen molar-refractivity contribution >= 4 is 23.3 Å². The summed E-state index contributed by atoms with van der Waals surface area (Å²) in [5, 5.41) is 4.77. The van der Waals surface area contributed by atoms with E-state index in [-0.39, 0.29) is 12.0 Å². The predicted octanol–water partition coefficient (Wildman–Crippen LogP) is 1.94. The summed E-state index contributed by atoms with van der Waals surface area (Å²) in [6, 6.07) is 7.57. The molecule has 0 amide bonds. The number of carbonyl (C=O) groups excluding carboxylic acids is 1. The van der Waals surface area contributed by atoms with Gasteiger partial charge in [0.2, 0.25) is 0 Å². The van der Waals surface area contributed by atoms with Crippen molar-refractivity contribution in [2.45, 2.75) is 26.8 Å². The number of nitrogens with two attached hydrogens (primary N) is 1. The van der Waals surface area contributed by atoms with Crippen LogP contribution >= 0.6 is 12.2 Å². The normalized spacial score (nSPS) is 18.6. The van der Waals surface area contributed by atoms with Gasteiger partial charge in [0, 0.05) is 5.70 Å². The number of aryl methyl sites for hydroxylation is 1. The molecule has 1 aliphatic rings. The summed E-state index contributed by atoms with van der Waals surface area (Å²) in [5.74, 6) is 5.49. The Morgan fingerprint density at radius 2 is 2.00 bits per heavy atom. The van der Waals surface area contributed by atoms with E-state index < -0.39 is 0 Å². The average Bonchev–Trinajstić information content (AvgIpc) is 2.45. The Bertz CT molecular complexity index is 595. The predicted molar refractivity (Wildman–Crippen MR) is 85.0 cm³/mol. The monoisotopic (exact) mass is 305 g/mol. The quantitative estimate of drug-likeness (QED) is 0.505. The molecular formula is C15H19N3O2S. The van der Waals surface area contributed by atoms with E-state index in [1.807, 2.05) is 31.2 Å². The highest BCUT2D eigenvalue weighted by Crippen LogP contribution is 2.30. The summed E-state index contributed by atoms with van der Waals surface area (Å²) in [4.78, 5) is 12.3. The lowest BCUT2D eigenvalue weighted by atomic mass is 9.95. The molecular weight excluding hydrogens is 286 g/mol. The Balaban J connectivity index is 2.48. The molecule has 0 saturated heterocycles. The van der Waals surface area contributed by atoms with Crippen LogP contribution in [0.5, 0.6) is 0 Å². The molecule has 0 bridgehead atoms. The minimum atomic E-state index is -0.383. The van der Waals surface area contributed by atoms with Crippen LogP contribution in [-0.2, 0) is 9.53 Å².